The highest BCUT2D eigenvalue weighted by atomic mass is 35.5. The molecule has 1 amide bonds. The zero-order valence-corrected chi connectivity index (χ0v) is 20.3. The Morgan fingerprint density at radius 3 is 2.69 bits per heavy atom. The molecule has 4 rings (SSSR count). The zero-order valence-electron chi connectivity index (χ0n) is 19.5. The maximum atomic E-state index is 14.5. The lowest BCUT2D eigenvalue weighted by molar-refractivity contribution is -0.132. The van der Waals surface area contributed by atoms with E-state index in [0.29, 0.717) is 31.7 Å². The van der Waals surface area contributed by atoms with Gasteiger partial charge in [-0.1, -0.05) is 0 Å². The molecule has 2 atom stereocenters. The van der Waals surface area contributed by atoms with Crippen LogP contribution < -0.4 is 10.1 Å². The number of nitrogens with zero attached hydrogens (tertiary/aromatic N) is 3. The molecule has 2 heterocycles. The minimum absolute atomic E-state index is 0. The lowest BCUT2D eigenvalue weighted by Gasteiger charge is -2.34. The van der Waals surface area contributed by atoms with E-state index in [1.807, 2.05) is 4.90 Å². The van der Waals surface area contributed by atoms with Crippen molar-refractivity contribution < 1.29 is 27.4 Å². The third kappa shape index (κ3) is 7.07. The van der Waals surface area contributed by atoms with Gasteiger partial charge in [0.1, 0.15) is 12.4 Å². The van der Waals surface area contributed by atoms with Gasteiger partial charge in [-0.25, -0.2) is 13.8 Å². The standard InChI is InChI=1S/C24H29F3N4O3.ClH/c1-33-10-9-30-5-7-31(8-6-30)22(32)14-29-21-13-18(21)19-11-17(25)12-20(26)23(19)34-15-16-3-2-4-28-24(16)27;/h2-4,11-12,18,21,29H,5-10,13-15H2,1H3;1H. The third-order valence-corrected chi connectivity index (χ3v) is 6.29. The number of methoxy groups -OCH3 is 1. The fourth-order valence-electron chi connectivity index (χ4n) is 4.22. The smallest absolute Gasteiger partial charge is 0.236 e. The predicted molar refractivity (Wildman–Crippen MR) is 126 cm³/mol. The molecule has 1 saturated carbocycles. The molecule has 11 heteroatoms. The highest BCUT2D eigenvalue weighted by Crippen LogP contribution is 2.46. The Morgan fingerprint density at radius 2 is 1.97 bits per heavy atom. The van der Waals surface area contributed by atoms with E-state index in [1.165, 1.54) is 18.3 Å². The van der Waals surface area contributed by atoms with Crippen molar-refractivity contribution in [3.05, 3.63) is 59.2 Å². The molecule has 1 N–H and O–H groups in total. The van der Waals surface area contributed by atoms with E-state index in [9.17, 15) is 18.0 Å². The minimum Gasteiger partial charge on any atom is -0.485 e. The molecule has 2 aromatic rings. The summed E-state index contributed by atoms with van der Waals surface area (Å²) in [4.78, 5) is 20.2. The molecule has 0 spiro atoms. The summed E-state index contributed by atoms with van der Waals surface area (Å²) in [6, 6.07) is 4.95. The average molecular weight is 515 g/mol. The number of pyridine rings is 1. The summed E-state index contributed by atoms with van der Waals surface area (Å²) in [6.07, 6.45) is 1.93. The number of ether oxygens (including phenoxy) is 2. The van der Waals surface area contributed by atoms with Crippen molar-refractivity contribution >= 4 is 18.3 Å². The second-order valence-electron chi connectivity index (χ2n) is 8.59. The number of nitrogens with one attached hydrogen (secondary N) is 1. The van der Waals surface area contributed by atoms with Crippen LogP contribution in [0.25, 0.3) is 0 Å². The Bertz CT molecular complexity index is 1010. The van der Waals surface area contributed by atoms with E-state index in [2.05, 4.69) is 15.2 Å². The minimum atomic E-state index is -0.840. The van der Waals surface area contributed by atoms with Crippen LogP contribution in [0.2, 0.25) is 0 Å². The number of hydrogen-bond acceptors (Lipinski definition) is 6. The van der Waals surface area contributed by atoms with Gasteiger partial charge in [-0.15, -0.1) is 12.4 Å². The number of hydrogen-bond donors (Lipinski definition) is 1. The van der Waals surface area contributed by atoms with Crippen molar-refractivity contribution in [3.63, 3.8) is 0 Å². The Hall–Kier alpha value is -2.40. The number of amides is 1. The first-order valence-electron chi connectivity index (χ1n) is 11.4. The molecule has 35 heavy (non-hydrogen) atoms. The Morgan fingerprint density at radius 1 is 1.20 bits per heavy atom. The summed E-state index contributed by atoms with van der Waals surface area (Å²) in [5, 5.41) is 3.20. The van der Waals surface area contributed by atoms with Crippen LogP contribution >= 0.6 is 12.4 Å². The maximum absolute atomic E-state index is 14.5. The summed E-state index contributed by atoms with van der Waals surface area (Å²) < 4.78 is 52.9. The fourth-order valence-corrected chi connectivity index (χ4v) is 4.22. The van der Waals surface area contributed by atoms with Crippen LogP contribution in [0.15, 0.2) is 30.5 Å². The van der Waals surface area contributed by atoms with Crippen LogP contribution in [0.3, 0.4) is 0 Å². The van der Waals surface area contributed by atoms with Gasteiger partial charge in [-0.05, 0) is 24.6 Å². The molecule has 1 aliphatic carbocycles. The number of benzene rings is 1. The predicted octanol–water partition coefficient (Wildman–Crippen LogP) is 2.74. The summed E-state index contributed by atoms with van der Waals surface area (Å²) in [5.74, 6) is -2.54. The van der Waals surface area contributed by atoms with Crippen LogP contribution in [0.4, 0.5) is 13.2 Å². The van der Waals surface area contributed by atoms with Gasteiger partial charge >= 0.3 is 0 Å². The molecule has 2 unspecified atom stereocenters. The van der Waals surface area contributed by atoms with E-state index in [4.69, 9.17) is 9.47 Å². The van der Waals surface area contributed by atoms with Gasteiger partial charge in [0.25, 0.3) is 0 Å². The van der Waals surface area contributed by atoms with Crippen LogP contribution in [-0.2, 0) is 16.1 Å². The number of carbonyl (C=O) groups excluding carboxylic acids is 1. The SMILES string of the molecule is COCCN1CCN(C(=O)CNC2CC2c2cc(F)cc(F)c2OCc2cccnc2F)CC1.Cl. The monoisotopic (exact) mass is 514 g/mol. The molecule has 0 radical (unpaired) electrons. The second-order valence-corrected chi connectivity index (χ2v) is 8.59. The number of piperazine rings is 1. The first-order valence-corrected chi connectivity index (χ1v) is 11.4. The van der Waals surface area contributed by atoms with Crippen molar-refractivity contribution in [1.82, 2.24) is 20.1 Å². The lowest BCUT2D eigenvalue weighted by Crippen LogP contribution is -2.51. The molecule has 1 aromatic carbocycles. The quantitative estimate of drug-likeness (QED) is 0.492. The molecular formula is C24H30ClF3N4O3. The highest BCUT2D eigenvalue weighted by Gasteiger charge is 2.41. The first kappa shape index (κ1) is 27.2. The molecule has 1 aromatic heterocycles. The molecule has 2 aliphatic rings. The number of rotatable bonds is 10. The summed E-state index contributed by atoms with van der Waals surface area (Å²) in [5.41, 5.74) is 0.550. The van der Waals surface area contributed by atoms with Crippen molar-refractivity contribution in [2.45, 2.75) is 25.0 Å². The third-order valence-electron chi connectivity index (χ3n) is 6.29. The molecule has 7 nitrogen and oxygen atoms in total. The number of halogens is 4. The topological polar surface area (TPSA) is 66.9 Å². The zero-order chi connectivity index (χ0) is 24.1. The van der Waals surface area contributed by atoms with Gasteiger partial charge in [0.15, 0.2) is 11.6 Å². The van der Waals surface area contributed by atoms with E-state index >= 15 is 0 Å². The molecule has 192 valence electrons. The highest BCUT2D eigenvalue weighted by molar-refractivity contribution is 5.85. The van der Waals surface area contributed by atoms with Gasteiger partial charge in [0, 0.05) is 75.2 Å². The molecule has 1 saturated heterocycles. The van der Waals surface area contributed by atoms with E-state index in [1.54, 1.807) is 13.2 Å². The van der Waals surface area contributed by atoms with Gasteiger partial charge in [-0.3, -0.25) is 9.69 Å². The number of carbonyl (C=O) groups is 1. The molecule has 1 aliphatic heterocycles. The summed E-state index contributed by atoms with van der Waals surface area (Å²) in [7, 11) is 1.67. The first-order chi connectivity index (χ1) is 16.5. The maximum Gasteiger partial charge on any atom is 0.236 e. The van der Waals surface area contributed by atoms with Crippen molar-refractivity contribution in [2.75, 3.05) is 53.0 Å². The molecular weight excluding hydrogens is 485 g/mol. The summed E-state index contributed by atoms with van der Waals surface area (Å²) >= 11 is 0. The van der Waals surface area contributed by atoms with Crippen LogP contribution in [0.1, 0.15) is 23.5 Å². The normalized spacial score (nSPS) is 19.8. The van der Waals surface area contributed by atoms with Crippen LogP contribution in [0, 0.1) is 17.6 Å². The van der Waals surface area contributed by atoms with Gasteiger partial charge in [-0.2, -0.15) is 4.39 Å². The van der Waals surface area contributed by atoms with Crippen molar-refractivity contribution in [1.29, 1.82) is 0 Å². The molecule has 2 fully saturated rings. The van der Waals surface area contributed by atoms with Crippen molar-refractivity contribution in [2.24, 2.45) is 0 Å². The van der Waals surface area contributed by atoms with E-state index in [0.717, 1.165) is 25.7 Å². The average Bonchev–Trinajstić information content (AvgIpc) is 3.61. The Balaban J connectivity index is 0.00000342. The van der Waals surface area contributed by atoms with Crippen LogP contribution in [0.5, 0.6) is 5.75 Å². The Labute approximate surface area is 209 Å². The fraction of sp³-hybridized carbons (Fsp3) is 0.500. The summed E-state index contributed by atoms with van der Waals surface area (Å²) in [6.45, 7) is 4.39. The number of aromatic nitrogens is 1. The van der Waals surface area contributed by atoms with Gasteiger partial charge in [0.05, 0.1) is 13.2 Å². The van der Waals surface area contributed by atoms with Crippen molar-refractivity contribution in [3.8, 4) is 5.75 Å². The van der Waals surface area contributed by atoms with Crippen LogP contribution in [-0.4, -0.2) is 79.7 Å². The lowest BCUT2D eigenvalue weighted by atomic mass is 10.1. The van der Waals surface area contributed by atoms with E-state index in [-0.39, 0.29) is 54.7 Å². The van der Waals surface area contributed by atoms with Gasteiger partial charge in [0.2, 0.25) is 11.9 Å². The molecule has 0 bridgehead atoms. The largest absolute Gasteiger partial charge is 0.485 e. The van der Waals surface area contributed by atoms with E-state index < -0.39 is 17.6 Å². The second kappa shape index (κ2) is 12.5. The Kier molecular flexibility index (Phi) is 9.73. The van der Waals surface area contributed by atoms with Gasteiger partial charge < -0.3 is 19.7 Å².